The van der Waals surface area contributed by atoms with Crippen LogP contribution < -0.4 is 5.32 Å². The molecule has 24 heavy (non-hydrogen) atoms. The highest BCUT2D eigenvalue weighted by molar-refractivity contribution is 5.89. The second-order valence-electron chi connectivity index (χ2n) is 6.80. The molecule has 1 aromatic rings. The third-order valence-electron chi connectivity index (χ3n) is 4.85. The largest absolute Gasteiger partial charge is 0.452 e. The minimum atomic E-state index is -0.503. The van der Waals surface area contributed by atoms with Crippen molar-refractivity contribution in [2.24, 2.45) is 11.8 Å². The number of benzene rings is 1. The van der Waals surface area contributed by atoms with Crippen LogP contribution in [0.5, 0.6) is 0 Å². The van der Waals surface area contributed by atoms with E-state index >= 15 is 0 Å². The van der Waals surface area contributed by atoms with E-state index in [0.717, 1.165) is 24.0 Å². The van der Waals surface area contributed by atoms with Gasteiger partial charge in [-0.2, -0.15) is 0 Å². The third kappa shape index (κ3) is 5.52. The number of ether oxygens (including phenoxy) is 1. The fourth-order valence-corrected chi connectivity index (χ4v) is 3.16. The van der Waals surface area contributed by atoms with Gasteiger partial charge in [-0.15, -0.1) is 0 Å². The van der Waals surface area contributed by atoms with Crippen molar-refractivity contribution in [2.45, 2.75) is 46.1 Å². The van der Waals surface area contributed by atoms with Crippen molar-refractivity contribution in [2.75, 3.05) is 6.61 Å². The molecule has 0 aromatic heterocycles. The number of esters is 1. The van der Waals surface area contributed by atoms with E-state index in [1.165, 1.54) is 12.5 Å². The van der Waals surface area contributed by atoms with Gasteiger partial charge >= 0.3 is 5.97 Å². The second kappa shape index (κ2) is 8.67. The van der Waals surface area contributed by atoms with E-state index < -0.39 is 5.97 Å². The first-order valence-electron chi connectivity index (χ1n) is 8.66. The van der Waals surface area contributed by atoms with Gasteiger partial charge < -0.3 is 10.1 Å². The highest BCUT2D eigenvalue weighted by atomic mass is 16.5. The highest BCUT2D eigenvalue weighted by Crippen LogP contribution is 2.29. The van der Waals surface area contributed by atoms with Gasteiger partial charge in [0.2, 0.25) is 0 Å². The Labute approximate surface area is 144 Å². The van der Waals surface area contributed by atoms with Gasteiger partial charge in [0.05, 0.1) is 0 Å². The van der Waals surface area contributed by atoms with Gasteiger partial charge in [0.1, 0.15) is 0 Å². The number of carbonyl (C=O) groups excluding carboxylic acids is 2. The van der Waals surface area contributed by atoms with Crippen LogP contribution in [0, 0.1) is 18.8 Å². The molecule has 0 saturated heterocycles. The van der Waals surface area contributed by atoms with Crippen molar-refractivity contribution in [3.05, 3.63) is 41.5 Å². The molecule has 1 amide bonds. The molecule has 1 saturated carbocycles. The summed E-state index contributed by atoms with van der Waals surface area (Å²) in [4.78, 5) is 23.7. The first-order valence-corrected chi connectivity index (χ1v) is 8.66. The SMILES string of the molecule is Cc1cccc(/C=C/C(=O)OCC(=O)N[C@H]2CCC[C@H](C)[C@@H]2C)c1. The molecule has 0 unspecified atom stereocenters. The number of amides is 1. The number of carbonyl (C=O) groups is 2. The smallest absolute Gasteiger partial charge is 0.331 e. The van der Waals surface area contributed by atoms with Crippen LogP contribution in [0.2, 0.25) is 0 Å². The van der Waals surface area contributed by atoms with Gasteiger partial charge in [0, 0.05) is 12.1 Å². The Balaban J connectivity index is 1.76. The van der Waals surface area contributed by atoms with Crippen molar-refractivity contribution < 1.29 is 14.3 Å². The Morgan fingerprint density at radius 3 is 2.83 bits per heavy atom. The molecule has 0 radical (unpaired) electrons. The Morgan fingerprint density at radius 1 is 1.29 bits per heavy atom. The number of aryl methyl sites for hydroxylation is 1. The molecule has 1 fully saturated rings. The highest BCUT2D eigenvalue weighted by Gasteiger charge is 2.28. The molecule has 4 nitrogen and oxygen atoms in total. The topological polar surface area (TPSA) is 55.4 Å². The number of hydrogen-bond acceptors (Lipinski definition) is 3. The number of hydrogen-bond donors (Lipinski definition) is 1. The maximum atomic E-state index is 12.0. The van der Waals surface area contributed by atoms with Crippen LogP contribution in [0.4, 0.5) is 0 Å². The van der Waals surface area contributed by atoms with Crippen molar-refractivity contribution in [3.8, 4) is 0 Å². The molecule has 0 aliphatic heterocycles. The molecular weight excluding hydrogens is 302 g/mol. The first-order chi connectivity index (χ1) is 11.5. The standard InChI is InChI=1S/C20H27NO3/c1-14-6-4-8-17(12-14)10-11-20(23)24-13-19(22)21-18-9-5-7-15(2)16(18)3/h4,6,8,10-12,15-16,18H,5,7,9,13H2,1-3H3,(H,21,22)/b11-10+/t15-,16-,18-/m0/s1. The van der Waals surface area contributed by atoms with Crippen LogP contribution in [0.3, 0.4) is 0 Å². The normalized spacial score (nSPS) is 23.9. The minimum Gasteiger partial charge on any atom is -0.452 e. The quantitative estimate of drug-likeness (QED) is 0.664. The summed E-state index contributed by atoms with van der Waals surface area (Å²) in [5.41, 5.74) is 2.06. The Morgan fingerprint density at radius 2 is 2.08 bits per heavy atom. The lowest BCUT2D eigenvalue weighted by atomic mass is 9.78. The van der Waals surface area contributed by atoms with E-state index in [1.54, 1.807) is 6.08 Å². The van der Waals surface area contributed by atoms with E-state index in [9.17, 15) is 9.59 Å². The summed E-state index contributed by atoms with van der Waals surface area (Å²) < 4.78 is 5.02. The Bertz CT molecular complexity index is 609. The molecular formula is C20H27NO3. The molecule has 3 atom stereocenters. The average Bonchev–Trinajstić information content (AvgIpc) is 2.55. The Hall–Kier alpha value is -2.10. The predicted molar refractivity (Wildman–Crippen MR) is 95.3 cm³/mol. The zero-order valence-corrected chi connectivity index (χ0v) is 14.7. The fraction of sp³-hybridized carbons (Fsp3) is 0.500. The third-order valence-corrected chi connectivity index (χ3v) is 4.85. The van der Waals surface area contributed by atoms with Crippen molar-refractivity contribution >= 4 is 18.0 Å². The summed E-state index contributed by atoms with van der Waals surface area (Å²) in [5, 5.41) is 3.00. The lowest BCUT2D eigenvalue weighted by Crippen LogP contribution is -2.45. The summed E-state index contributed by atoms with van der Waals surface area (Å²) in [6.07, 6.45) is 6.39. The minimum absolute atomic E-state index is 0.183. The molecule has 0 bridgehead atoms. The molecule has 1 aliphatic carbocycles. The van der Waals surface area contributed by atoms with Gasteiger partial charge in [-0.3, -0.25) is 4.79 Å². The van der Waals surface area contributed by atoms with Crippen LogP contribution in [-0.4, -0.2) is 24.5 Å². The molecule has 1 aromatic carbocycles. The molecule has 2 rings (SSSR count). The first kappa shape index (κ1) is 18.2. The van der Waals surface area contributed by atoms with E-state index in [1.807, 2.05) is 31.2 Å². The zero-order valence-electron chi connectivity index (χ0n) is 14.7. The molecule has 1 N–H and O–H groups in total. The molecule has 130 valence electrons. The van der Waals surface area contributed by atoms with Crippen LogP contribution in [0.1, 0.15) is 44.2 Å². The predicted octanol–water partition coefficient (Wildman–Crippen LogP) is 3.49. The summed E-state index contributed by atoms with van der Waals surface area (Å²) in [5.74, 6) is 0.346. The molecule has 1 aliphatic rings. The second-order valence-corrected chi connectivity index (χ2v) is 6.80. The van der Waals surface area contributed by atoms with E-state index in [4.69, 9.17) is 4.74 Å². The van der Waals surface area contributed by atoms with Crippen LogP contribution in [0.15, 0.2) is 30.3 Å². The van der Waals surface area contributed by atoms with E-state index in [-0.39, 0.29) is 18.6 Å². The summed E-state index contributed by atoms with van der Waals surface area (Å²) >= 11 is 0. The molecule has 0 heterocycles. The summed E-state index contributed by atoms with van der Waals surface area (Å²) in [6, 6.07) is 7.99. The van der Waals surface area contributed by atoms with Crippen molar-refractivity contribution in [3.63, 3.8) is 0 Å². The lowest BCUT2D eigenvalue weighted by Gasteiger charge is -2.34. The van der Waals surface area contributed by atoms with Crippen LogP contribution in [0.25, 0.3) is 6.08 Å². The van der Waals surface area contributed by atoms with Gasteiger partial charge in [-0.1, -0.05) is 56.5 Å². The van der Waals surface area contributed by atoms with Crippen molar-refractivity contribution in [1.29, 1.82) is 0 Å². The maximum absolute atomic E-state index is 12.0. The van der Waals surface area contributed by atoms with Gasteiger partial charge in [0.25, 0.3) is 5.91 Å². The monoisotopic (exact) mass is 329 g/mol. The summed E-state index contributed by atoms with van der Waals surface area (Å²) in [7, 11) is 0. The number of rotatable bonds is 5. The fourth-order valence-electron chi connectivity index (χ4n) is 3.16. The molecule has 4 heteroatoms. The van der Waals surface area contributed by atoms with Crippen LogP contribution >= 0.6 is 0 Å². The van der Waals surface area contributed by atoms with Gasteiger partial charge in [0.15, 0.2) is 6.61 Å². The summed E-state index contributed by atoms with van der Waals surface area (Å²) in [6.45, 7) is 6.16. The zero-order chi connectivity index (χ0) is 17.5. The lowest BCUT2D eigenvalue weighted by molar-refractivity contribution is -0.144. The van der Waals surface area contributed by atoms with Gasteiger partial charge in [-0.25, -0.2) is 4.79 Å². The maximum Gasteiger partial charge on any atom is 0.331 e. The van der Waals surface area contributed by atoms with E-state index in [2.05, 4.69) is 19.2 Å². The number of nitrogens with one attached hydrogen (secondary N) is 1. The van der Waals surface area contributed by atoms with E-state index in [0.29, 0.717) is 11.8 Å². The Kier molecular flexibility index (Phi) is 6.59. The average molecular weight is 329 g/mol. The molecule has 0 spiro atoms. The van der Waals surface area contributed by atoms with Gasteiger partial charge in [-0.05, 0) is 36.8 Å². The van der Waals surface area contributed by atoms with Crippen molar-refractivity contribution in [1.82, 2.24) is 5.32 Å². The van der Waals surface area contributed by atoms with Crippen LogP contribution in [-0.2, 0) is 14.3 Å².